The van der Waals surface area contributed by atoms with Crippen LogP contribution >= 0.6 is 15.9 Å². The Bertz CT molecular complexity index is 1120. The smallest absolute Gasteiger partial charge is 0.262 e. The Morgan fingerprint density at radius 3 is 2.12 bits per heavy atom. The Balaban J connectivity index is 1.69. The Labute approximate surface area is 201 Å². The molecule has 33 heavy (non-hydrogen) atoms. The molecule has 3 rings (SSSR count). The summed E-state index contributed by atoms with van der Waals surface area (Å²) in [5.41, 5.74) is 4.22. The van der Waals surface area contributed by atoms with Crippen LogP contribution in [0.15, 0.2) is 65.1 Å². The Morgan fingerprint density at radius 1 is 0.879 bits per heavy atom. The van der Waals surface area contributed by atoms with Crippen LogP contribution in [-0.2, 0) is 16.1 Å². The van der Waals surface area contributed by atoms with Gasteiger partial charge in [-0.1, -0.05) is 33.6 Å². The van der Waals surface area contributed by atoms with Crippen LogP contribution in [0.1, 0.15) is 18.1 Å². The molecule has 0 radical (unpaired) electrons. The molecule has 0 unspecified atom stereocenters. The van der Waals surface area contributed by atoms with Gasteiger partial charge in [0.1, 0.15) is 0 Å². The van der Waals surface area contributed by atoms with Gasteiger partial charge < -0.3 is 25.4 Å². The summed E-state index contributed by atoms with van der Waals surface area (Å²) in [6.45, 7) is 3.71. The van der Waals surface area contributed by atoms with Crippen LogP contribution in [-0.4, -0.2) is 25.5 Å². The van der Waals surface area contributed by atoms with Crippen molar-refractivity contribution in [3.8, 4) is 11.5 Å². The van der Waals surface area contributed by atoms with Crippen molar-refractivity contribution in [1.29, 1.82) is 0 Å². The van der Waals surface area contributed by atoms with Gasteiger partial charge in [-0.3, -0.25) is 9.59 Å². The van der Waals surface area contributed by atoms with Gasteiger partial charge in [0.25, 0.3) is 5.91 Å². The minimum absolute atomic E-state index is 0.121. The number of carbonyl (C=O) groups excluding carboxylic acids is 2. The first kappa shape index (κ1) is 24.1. The second kappa shape index (κ2) is 11.4. The van der Waals surface area contributed by atoms with E-state index in [-0.39, 0.29) is 18.4 Å². The van der Waals surface area contributed by atoms with E-state index >= 15 is 0 Å². The predicted octanol–water partition coefficient (Wildman–Crippen LogP) is 5.35. The number of hydrogen-bond acceptors (Lipinski definition) is 5. The van der Waals surface area contributed by atoms with Crippen molar-refractivity contribution in [2.24, 2.45) is 0 Å². The van der Waals surface area contributed by atoms with E-state index in [0.717, 1.165) is 27.0 Å². The fraction of sp³-hybridized carbons (Fsp3) is 0.200. The summed E-state index contributed by atoms with van der Waals surface area (Å²) in [6.07, 6.45) is 0. The van der Waals surface area contributed by atoms with Crippen LogP contribution in [0.5, 0.6) is 11.5 Å². The van der Waals surface area contributed by atoms with Crippen molar-refractivity contribution in [2.45, 2.75) is 20.4 Å². The van der Waals surface area contributed by atoms with Crippen LogP contribution in [0.25, 0.3) is 0 Å². The van der Waals surface area contributed by atoms with E-state index in [1.54, 1.807) is 13.2 Å². The van der Waals surface area contributed by atoms with Crippen LogP contribution in [0.2, 0.25) is 0 Å². The molecule has 0 saturated heterocycles. The SMILES string of the molecule is COc1ccc(Br)c(CNc2ccc(NC(C)=O)cc2)c1OCC(=O)Nc1ccc(C)cc1. The number of methoxy groups -OCH3 is 1. The van der Waals surface area contributed by atoms with E-state index in [1.807, 2.05) is 61.5 Å². The predicted molar refractivity (Wildman–Crippen MR) is 134 cm³/mol. The summed E-state index contributed by atoms with van der Waals surface area (Å²) in [7, 11) is 1.56. The highest BCUT2D eigenvalue weighted by atomic mass is 79.9. The molecule has 0 aliphatic heterocycles. The maximum absolute atomic E-state index is 12.4. The highest BCUT2D eigenvalue weighted by molar-refractivity contribution is 9.10. The number of ether oxygens (including phenoxy) is 2. The molecule has 0 aromatic heterocycles. The van der Waals surface area contributed by atoms with Crippen molar-refractivity contribution in [3.63, 3.8) is 0 Å². The summed E-state index contributed by atoms with van der Waals surface area (Å²) >= 11 is 3.57. The molecule has 0 aliphatic rings. The van der Waals surface area contributed by atoms with Gasteiger partial charge in [-0.2, -0.15) is 0 Å². The fourth-order valence-corrected chi connectivity index (χ4v) is 3.56. The first-order chi connectivity index (χ1) is 15.9. The van der Waals surface area contributed by atoms with Crippen LogP contribution in [0.4, 0.5) is 17.1 Å². The number of rotatable bonds is 9. The Hall–Kier alpha value is -3.52. The monoisotopic (exact) mass is 511 g/mol. The number of anilines is 3. The van der Waals surface area contributed by atoms with Gasteiger partial charge in [0.05, 0.1) is 7.11 Å². The molecule has 3 aromatic rings. The number of aryl methyl sites for hydroxylation is 1. The minimum Gasteiger partial charge on any atom is -0.493 e. The number of benzene rings is 3. The number of carbonyl (C=O) groups is 2. The van der Waals surface area contributed by atoms with E-state index in [2.05, 4.69) is 31.9 Å². The van der Waals surface area contributed by atoms with E-state index in [1.165, 1.54) is 6.92 Å². The summed E-state index contributed by atoms with van der Waals surface area (Å²) in [5.74, 6) is 0.616. The second-order valence-electron chi connectivity index (χ2n) is 7.37. The molecule has 2 amide bonds. The topological polar surface area (TPSA) is 88.7 Å². The molecule has 3 N–H and O–H groups in total. The number of hydrogen-bond donors (Lipinski definition) is 3. The molecule has 0 spiro atoms. The van der Waals surface area contributed by atoms with Crippen LogP contribution in [0, 0.1) is 6.92 Å². The maximum Gasteiger partial charge on any atom is 0.262 e. The van der Waals surface area contributed by atoms with E-state index in [4.69, 9.17) is 9.47 Å². The van der Waals surface area contributed by atoms with Crippen LogP contribution < -0.4 is 25.4 Å². The molecule has 0 aliphatic carbocycles. The molecule has 0 fully saturated rings. The standard InChI is InChI=1S/C25H26BrN3O4/c1-16-4-6-20(7-5-16)29-24(31)15-33-25-21(22(26)12-13-23(25)32-3)14-27-18-8-10-19(11-9-18)28-17(2)30/h4-13,27H,14-15H2,1-3H3,(H,28,30)(H,29,31). The van der Waals surface area contributed by atoms with Crippen molar-refractivity contribution >= 4 is 44.8 Å². The summed E-state index contributed by atoms with van der Waals surface area (Å²) in [6, 6.07) is 18.6. The molecule has 3 aromatic carbocycles. The van der Waals surface area contributed by atoms with Gasteiger partial charge >= 0.3 is 0 Å². The van der Waals surface area contributed by atoms with E-state index < -0.39 is 0 Å². The van der Waals surface area contributed by atoms with Crippen molar-refractivity contribution in [1.82, 2.24) is 0 Å². The van der Waals surface area contributed by atoms with Crippen molar-refractivity contribution < 1.29 is 19.1 Å². The number of amides is 2. The quantitative estimate of drug-likeness (QED) is 0.360. The van der Waals surface area contributed by atoms with Crippen LogP contribution in [0.3, 0.4) is 0 Å². The first-order valence-electron chi connectivity index (χ1n) is 10.3. The van der Waals surface area contributed by atoms with Crippen molar-refractivity contribution in [3.05, 3.63) is 76.3 Å². The summed E-state index contributed by atoms with van der Waals surface area (Å²) < 4.78 is 12.2. The molecule has 172 valence electrons. The lowest BCUT2D eigenvalue weighted by atomic mass is 10.1. The molecular weight excluding hydrogens is 486 g/mol. The molecular formula is C25H26BrN3O4. The molecule has 0 bridgehead atoms. The third-order valence-corrected chi connectivity index (χ3v) is 5.49. The Kier molecular flexibility index (Phi) is 8.32. The van der Waals surface area contributed by atoms with E-state index in [9.17, 15) is 9.59 Å². The van der Waals surface area contributed by atoms with Gasteiger partial charge in [0.2, 0.25) is 5.91 Å². The zero-order valence-corrected chi connectivity index (χ0v) is 20.3. The third-order valence-electron chi connectivity index (χ3n) is 4.74. The molecule has 7 nitrogen and oxygen atoms in total. The number of nitrogens with one attached hydrogen (secondary N) is 3. The Morgan fingerprint density at radius 2 is 1.48 bits per heavy atom. The minimum atomic E-state index is -0.270. The third kappa shape index (κ3) is 6.98. The van der Waals surface area contributed by atoms with Crippen molar-refractivity contribution in [2.75, 3.05) is 29.7 Å². The van der Waals surface area contributed by atoms with Gasteiger partial charge in [-0.05, 0) is 55.5 Å². The highest BCUT2D eigenvalue weighted by Gasteiger charge is 2.16. The van der Waals surface area contributed by atoms with E-state index in [0.29, 0.717) is 23.7 Å². The number of halogens is 1. The van der Waals surface area contributed by atoms with Gasteiger partial charge in [-0.25, -0.2) is 0 Å². The zero-order valence-electron chi connectivity index (χ0n) is 18.7. The summed E-state index contributed by atoms with van der Waals surface area (Å²) in [5, 5.41) is 8.89. The van der Waals surface area contributed by atoms with Gasteiger partial charge in [-0.15, -0.1) is 0 Å². The maximum atomic E-state index is 12.4. The van der Waals surface area contributed by atoms with Gasteiger partial charge in [0.15, 0.2) is 18.1 Å². The fourth-order valence-electron chi connectivity index (χ4n) is 3.10. The first-order valence-corrected chi connectivity index (χ1v) is 11.1. The molecule has 0 atom stereocenters. The lowest BCUT2D eigenvalue weighted by Gasteiger charge is -2.17. The highest BCUT2D eigenvalue weighted by Crippen LogP contribution is 2.37. The molecule has 0 heterocycles. The lowest BCUT2D eigenvalue weighted by molar-refractivity contribution is -0.118. The molecule has 0 saturated carbocycles. The summed E-state index contributed by atoms with van der Waals surface area (Å²) in [4.78, 5) is 23.6. The average molecular weight is 512 g/mol. The largest absolute Gasteiger partial charge is 0.493 e. The zero-order chi connectivity index (χ0) is 23.8. The second-order valence-corrected chi connectivity index (χ2v) is 8.23. The lowest BCUT2D eigenvalue weighted by Crippen LogP contribution is -2.21. The molecule has 8 heteroatoms. The normalized spacial score (nSPS) is 10.3. The van der Waals surface area contributed by atoms with Gasteiger partial charge in [0, 0.05) is 40.6 Å². The average Bonchev–Trinajstić information content (AvgIpc) is 2.79.